The zero-order valence-corrected chi connectivity index (χ0v) is 34.6. The average molecular weight is 933 g/mol. The molecule has 0 spiro atoms. The second-order valence-electron chi connectivity index (χ2n) is 13.7. The number of benzene rings is 4. The summed E-state index contributed by atoms with van der Waals surface area (Å²) >= 11 is 0. The Hall–Kier alpha value is -5.73. The summed E-state index contributed by atoms with van der Waals surface area (Å²) in [6, 6.07) is 40.7. The Labute approximate surface area is 349 Å². The van der Waals surface area contributed by atoms with Crippen LogP contribution in [-0.2, 0) is 45.8 Å². The minimum atomic E-state index is -0.502. The second-order valence-corrected chi connectivity index (χ2v) is 13.7. The summed E-state index contributed by atoms with van der Waals surface area (Å²) in [5.74, 6) is -0.997. The van der Waals surface area contributed by atoms with E-state index in [0.717, 1.165) is 79.6 Å². The molecule has 9 heteroatoms. The van der Waals surface area contributed by atoms with Gasteiger partial charge in [0.05, 0.1) is 0 Å². The number of anilines is 3. The first-order valence-corrected chi connectivity index (χ1v) is 18.9. The van der Waals surface area contributed by atoms with Gasteiger partial charge in [-0.05, 0) is 92.9 Å². The quantitative estimate of drug-likeness (QED) is 0.0904. The molecule has 6 aromatic rings. The molecule has 3 heterocycles. The molecule has 57 heavy (non-hydrogen) atoms. The van der Waals surface area contributed by atoms with E-state index >= 15 is 0 Å². The van der Waals surface area contributed by atoms with E-state index in [0.29, 0.717) is 11.4 Å². The van der Waals surface area contributed by atoms with Crippen LogP contribution in [0.15, 0.2) is 97.1 Å². The van der Waals surface area contributed by atoms with Crippen molar-refractivity contribution in [3.63, 3.8) is 0 Å². The molecule has 2 aromatic heterocycles. The van der Waals surface area contributed by atoms with Crippen LogP contribution in [0.1, 0.15) is 67.6 Å². The topological polar surface area (TPSA) is 60.4 Å². The van der Waals surface area contributed by atoms with Gasteiger partial charge in [0.1, 0.15) is 6.57 Å². The Kier molecular flexibility index (Phi) is 15.2. The van der Waals surface area contributed by atoms with Gasteiger partial charge in [0, 0.05) is 60.6 Å². The Morgan fingerprint density at radius 1 is 0.754 bits per heavy atom. The van der Waals surface area contributed by atoms with Gasteiger partial charge in [-0.2, -0.15) is 41.8 Å². The van der Waals surface area contributed by atoms with E-state index in [1.165, 1.54) is 35.6 Å². The van der Waals surface area contributed by atoms with Crippen LogP contribution >= 0.6 is 0 Å². The second kappa shape index (κ2) is 20.4. The first-order valence-electron chi connectivity index (χ1n) is 18.9. The van der Waals surface area contributed by atoms with Gasteiger partial charge >= 0.3 is 0 Å². The SMILES string of the molecule is CN1[CH-]N(c2[c-]cccc2)c2ccccc21.[C-]#[N+]c1c[c-]c(-c2cc(CCC)cc(CCCCc3cc(CCC)cc(-c4[c-]cc(C#N)cc4F)n3)n2)c(F)c1.[Ir]. The van der Waals surface area contributed by atoms with Crippen molar-refractivity contribution in [3.8, 4) is 28.6 Å². The third-order valence-electron chi connectivity index (χ3n) is 9.37. The van der Waals surface area contributed by atoms with Crippen molar-refractivity contribution >= 4 is 22.7 Å². The fraction of sp³-hybridized carbons (Fsp3) is 0.229. The van der Waals surface area contributed by atoms with E-state index in [4.69, 9.17) is 21.8 Å². The molecule has 0 amide bonds. The van der Waals surface area contributed by atoms with E-state index in [1.54, 1.807) is 0 Å². The summed E-state index contributed by atoms with van der Waals surface area (Å²) in [6.07, 6.45) is 6.82. The summed E-state index contributed by atoms with van der Waals surface area (Å²) < 4.78 is 29.4. The molecule has 0 aliphatic carbocycles. The van der Waals surface area contributed by atoms with Crippen molar-refractivity contribution in [3.05, 3.63) is 173 Å². The number of rotatable bonds is 12. The Morgan fingerprint density at radius 3 is 1.86 bits per heavy atom. The van der Waals surface area contributed by atoms with Gasteiger partial charge < -0.3 is 19.8 Å². The summed E-state index contributed by atoms with van der Waals surface area (Å²) in [5.41, 5.74) is 9.54. The number of nitriles is 1. The van der Waals surface area contributed by atoms with Crippen molar-refractivity contribution in [2.24, 2.45) is 0 Å². The molecule has 0 saturated heterocycles. The number of halogens is 2. The molecule has 4 aromatic carbocycles. The van der Waals surface area contributed by atoms with Crippen molar-refractivity contribution in [2.75, 3.05) is 16.8 Å². The summed E-state index contributed by atoms with van der Waals surface area (Å²) in [7, 11) is 2.06. The van der Waals surface area contributed by atoms with Gasteiger partial charge in [0.25, 0.3) is 0 Å². The molecular formula is C48H42F2IrN6-4. The van der Waals surface area contributed by atoms with E-state index in [9.17, 15) is 8.78 Å². The monoisotopic (exact) mass is 933 g/mol. The predicted octanol–water partition coefficient (Wildman–Crippen LogP) is 11.8. The number of pyridine rings is 2. The first-order chi connectivity index (χ1) is 27.3. The Balaban J connectivity index is 0.000000302. The van der Waals surface area contributed by atoms with Crippen molar-refractivity contribution < 1.29 is 28.9 Å². The van der Waals surface area contributed by atoms with E-state index < -0.39 is 11.6 Å². The van der Waals surface area contributed by atoms with Crippen LogP contribution in [0.4, 0.5) is 31.5 Å². The third kappa shape index (κ3) is 10.8. The predicted molar refractivity (Wildman–Crippen MR) is 219 cm³/mol. The molecule has 0 bridgehead atoms. The molecule has 291 valence electrons. The standard InChI is InChI=1S/C34H30F2N4.C14H12N2.Ir/c1-4-8-23-16-27(39-33(19-23)29-14-12-25(22-37)18-31(29)35)10-6-7-11-28-17-24(9-5-2)20-34(40-28)30-15-13-26(38-3)21-32(30)36;1-15-11-16(12-7-3-2-4-8-12)14-10-6-5-9-13(14)15;/h12-13,16-21H,4-11H2,1-2H3;2-7,9-11H,1H3;/q2*-2;. The number of aryl methyl sites for hydroxylation is 4. The smallest absolute Gasteiger partial charge is 0.237 e. The molecule has 7 rings (SSSR count). The van der Waals surface area contributed by atoms with Gasteiger partial charge in [-0.1, -0.05) is 85.3 Å². The number of fused-ring (bicyclic) bond motifs is 1. The maximum Gasteiger partial charge on any atom is 0.237 e. The molecule has 0 atom stereocenters. The van der Waals surface area contributed by atoms with E-state index in [-0.39, 0.29) is 42.5 Å². The van der Waals surface area contributed by atoms with E-state index in [2.05, 4.69) is 103 Å². The van der Waals surface area contributed by atoms with Gasteiger partial charge in [-0.3, -0.25) is 8.78 Å². The number of nitrogens with zero attached hydrogens (tertiary/aromatic N) is 6. The number of aromatic nitrogens is 2. The van der Waals surface area contributed by atoms with Crippen LogP contribution in [0.3, 0.4) is 0 Å². The molecule has 0 fully saturated rings. The average Bonchev–Trinajstić information content (AvgIpc) is 3.56. The molecule has 1 aliphatic heterocycles. The zero-order valence-electron chi connectivity index (χ0n) is 32.2. The van der Waals surface area contributed by atoms with Crippen molar-refractivity contribution in [2.45, 2.75) is 65.2 Å². The van der Waals surface area contributed by atoms with Gasteiger partial charge in [0.2, 0.25) is 5.69 Å². The van der Waals surface area contributed by atoms with Crippen LogP contribution in [0.5, 0.6) is 0 Å². The fourth-order valence-electron chi connectivity index (χ4n) is 6.73. The third-order valence-corrected chi connectivity index (χ3v) is 9.37. The zero-order chi connectivity index (χ0) is 39.4. The number of hydrogen-bond donors (Lipinski definition) is 0. The fourth-order valence-corrected chi connectivity index (χ4v) is 6.73. The Bertz CT molecular complexity index is 2250. The van der Waals surface area contributed by atoms with Crippen LogP contribution in [0.25, 0.3) is 27.4 Å². The molecule has 1 radical (unpaired) electrons. The Morgan fingerprint density at radius 2 is 1.33 bits per heavy atom. The molecule has 1 aliphatic rings. The maximum atomic E-state index is 14.7. The van der Waals surface area contributed by atoms with Crippen molar-refractivity contribution in [1.29, 1.82) is 5.26 Å². The van der Waals surface area contributed by atoms with Gasteiger partial charge in [-0.25, -0.2) is 5.26 Å². The largest absolute Gasteiger partial charge is 0.504 e. The summed E-state index contributed by atoms with van der Waals surface area (Å²) in [6.45, 7) is 13.4. The number of para-hydroxylation sites is 3. The van der Waals surface area contributed by atoms with Crippen molar-refractivity contribution in [1.82, 2.24) is 9.97 Å². The number of unbranched alkanes of at least 4 members (excludes halogenated alkanes) is 1. The van der Waals surface area contributed by atoms with Gasteiger partial charge in [-0.15, -0.1) is 23.9 Å². The molecule has 6 nitrogen and oxygen atoms in total. The van der Waals surface area contributed by atoms with E-state index in [1.807, 2.05) is 36.4 Å². The summed E-state index contributed by atoms with van der Waals surface area (Å²) in [5, 5.41) is 9.05. The minimum Gasteiger partial charge on any atom is -0.504 e. The summed E-state index contributed by atoms with van der Waals surface area (Å²) in [4.78, 5) is 17.0. The maximum absolute atomic E-state index is 14.7. The van der Waals surface area contributed by atoms with Crippen LogP contribution in [0.2, 0.25) is 0 Å². The molecule has 0 saturated carbocycles. The van der Waals surface area contributed by atoms with Crippen LogP contribution < -0.4 is 9.80 Å². The van der Waals surface area contributed by atoms with Crippen LogP contribution in [0, 0.1) is 54.4 Å². The molecule has 0 N–H and O–H groups in total. The normalized spacial score (nSPS) is 11.5. The minimum absolute atomic E-state index is 0. The number of hydrogen-bond acceptors (Lipinski definition) is 5. The first kappa shape index (κ1) is 42.4. The van der Waals surface area contributed by atoms with Crippen LogP contribution in [-0.4, -0.2) is 17.0 Å². The molecule has 0 unspecified atom stereocenters. The van der Waals surface area contributed by atoms with Gasteiger partial charge in [0.15, 0.2) is 0 Å². The molecular weight excluding hydrogens is 891 g/mol.